The summed E-state index contributed by atoms with van der Waals surface area (Å²) in [5.74, 6) is -0.787. The smallest absolute Gasteiger partial charge is 0.328 e. The molecule has 0 aromatic carbocycles. The summed E-state index contributed by atoms with van der Waals surface area (Å²) in [6, 6.07) is -0.677. The number of carbonyl (C=O) groups excluding carboxylic acids is 2. The van der Waals surface area contributed by atoms with Crippen LogP contribution in [0, 0.1) is 0 Å². The summed E-state index contributed by atoms with van der Waals surface area (Å²) >= 11 is 0. The summed E-state index contributed by atoms with van der Waals surface area (Å²) in [6.07, 6.45) is -0.579. The highest BCUT2D eigenvalue weighted by atomic mass is 16.6. The van der Waals surface area contributed by atoms with Crippen molar-refractivity contribution in [1.82, 2.24) is 5.32 Å². The number of hydrogen-bond donors (Lipinski definition) is 1. The molecule has 0 aromatic heterocycles. The molecule has 1 N–H and O–H groups in total. The molecule has 5 nitrogen and oxygen atoms in total. The lowest BCUT2D eigenvalue weighted by molar-refractivity contribution is -0.158. The molecule has 0 aliphatic rings. The lowest BCUT2D eigenvalue weighted by Gasteiger charge is -2.23. The molecule has 0 radical (unpaired) electrons. The topological polar surface area (TPSA) is 64.6 Å². The Morgan fingerprint density at radius 2 is 1.69 bits per heavy atom. The number of nitrogens with one attached hydrogen (secondary N) is 1. The monoisotopic (exact) mass is 231 g/mol. The van der Waals surface area contributed by atoms with E-state index >= 15 is 0 Å². The number of ether oxygens (including phenoxy) is 2. The minimum absolute atomic E-state index is 0.333. The average molecular weight is 231 g/mol. The van der Waals surface area contributed by atoms with E-state index in [0.29, 0.717) is 0 Å². The molecule has 0 aliphatic heterocycles. The first kappa shape index (κ1) is 14.9. The maximum atomic E-state index is 11.5. The number of amides is 1. The third-order valence-corrected chi connectivity index (χ3v) is 1.84. The summed E-state index contributed by atoms with van der Waals surface area (Å²) < 4.78 is 9.95. The van der Waals surface area contributed by atoms with Gasteiger partial charge in [-0.15, -0.1) is 0 Å². The van der Waals surface area contributed by atoms with Crippen molar-refractivity contribution in [2.45, 2.75) is 52.4 Å². The van der Waals surface area contributed by atoms with Crippen LogP contribution in [0.15, 0.2) is 0 Å². The Labute approximate surface area is 96.5 Å². The van der Waals surface area contributed by atoms with Crippen LogP contribution in [0.3, 0.4) is 0 Å². The summed E-state index contributed by atoms with van der Waals surface area (Å²) in [5, 5.41) is 2.51. The highest BCUT2D eigenvalue weighted by molar-refractivity contribution is 5.86. The molecule has 1 unspecified atom stereocenters. The van der Waals surface area contributed by atoms with Gasteiger partial charge in [-0.1, -0.05) is 0 Å². The van der Waals surface area contributed by atoms with E-state index < -0.39 is 23.7 Å². The van der Waals surface area contributed by atoms with E-state index in [4.69, 9.17) is 9.47 Å². The Morgan fingerprint density at radius 1 is 1.19 bits per heavy atom. The first-order chi connectivity index (χ1) is 7.17. The molecule has 5 heteroatoms. The second-order valence-corrected chi connectivity index (χ2v) is 4.64. The van der Waals surface area contributed by atoms with Gasteiger partial charge < -0.3 is 14.8 Å². The largest absolute Gasteiger partial charge is 0.458 e. The summed E-state index contributed by atoms with van der Waals surface area (Å²) in [7, 11) is 1.43. The van der Waals surface area contributed by atoms with Crippen LogP contribution in [-0.4, -0.2) is 36.7 Å². The van der Waals surface area contributed by atoms with Gasteiger partial charge in [-0.3, -0.25) is 4.79 Å². The van der Waals surface area contributed by atoms with Crippen molar-refractivity contribution in [1.29, 1.82) is 0 Å². The molecule has 0 heterocycles. The van der Waals surface area contributed by atoms with Crippen molar-refractivity contribution in [3.63, 3.8) is 0 Å². The van der Waals surface area contributed by atoms with Gasteiger partial charge in [0.15, 0.2) is 0 Å². The minimum Gasteiger partial charge on any atom is -0.458 e. The first-order valence-corrected chi connectivity index (χ1v) is 5.23. The SMILES string of the molecule is COC(C)C(=O)N[C@H](C)C(=O)OC(C)(C)C. The third-order valence-electron chi connectivity index (χ3n) is 1.84. The number of carbonyl (C=O) groups is 2. The predicted octanol–water partition coefficient (Wildman–Crippen LogP) is 0.868. The van der Waals surface area contributed by atoms with Crippen LogP contribution < -0.4 is 5.32 Å². The molecular weight excluding hydrogens is 210 g/mol. The Kier molecular flexibility index (Phi) is 5.44. The van der Waals surface area contributed by atoms with E-state index in [0.717, 1.165) is 0 Å². The van der Waals surface area contributed by atoms with Gasteiger partial charge in [0.2, 0.25) is 5.91 Å². The van der Waals surface area contributed by atoms with Crippen molar-refractivity contribution in [3.05, 3.63) is 0 Å². The minimum atomic E-state index is -0.677. The molecule has 0 bridgehead atoms. The molecule has 0 saturated heterocycles. The standard InChI is InChI=1S/C11H21NO4/c1-7(10(14)16-11(3,4)5)12-9(13)8(2)15-6/h7-8H,1-6H3,(H,12,13)/t7-,8?/m1/s1. The van der Waals surface area contributed by atoms with Gasteiger partial charge in [-0.2, -0.15) is 0 Å². The van der Waals surface area contributed by atoms with Gasteiger partial charge >= 0.3 is 5.97 Å². The normalized spacial score (nSPS) is 15.1. The van der Waals surface area contributed by atoms with Gasteiger partial charge in [0.05, 0.1) is 0 Å². The van der Waals surface area contributed by atoms with E-state index in [-0.39, 0.29) is 5.91 Å². The summed E-state index contributed by atoms with van der Waals surface area (Å²) in [4.78, 5) is 22.9. The molecule has 0 aromatic rings. The van der Waals surface area contributed by atoms with Crippen molar-refractivity contribution >= 4 is 11.9 Å². The fourth-order valence-electron chi connectivity index (χ4n) is 0.887. The van der Waals surface area contributed by atoms with E-state index in [1.54, 1.807) is 34.6 Å². The Balaban J connectivity index is 4.21. The highest BCUT2D eigenvalue weighted by Gasteiger charge is 2.24. The second-order valence-electron chi connectivity index (χ2n) is 4.64. The van der Waals surface area contributed by atoms with Crippen molar-refractivity contribution in [2.24, 2.45) is 0 Å². The van der Waals surface area contributed by atoms with Crippen LogP contribution >= 0.6 is 0 Å². The summed E-state index contributed by atoms with van der Waals surface area (Å²) in [6.45, 7) is 8.51. The zero-order chi connectivity index (χ0) is 12.9. The van der Waals surface area contributed by atoms with E-state index in [9.17, 15) is 9.59 Å². The van der Waals surface area contributed by atoms with Gasteiger partial charge in [0, 0.05) is 7.11 Å². The van der Waals surface area contributed by atoms with Crippen LogP contribution in [0.25, 0.3) is 0 Å². The van der Waals surface area contributed by atoms with Gasteiger partial charge in [0.1, 0.15) is 17.7 Å². The van der Waals surface area contributed by atoms with Crippen LogP contribution in [0.5, 0.6) is 0 Å². The maximum absolute atomic E-state index is 11.5. The van der Waals surface area contributed by atoms with E-state index in [2.05, 4.69) is 5.32 Å². The Bertz CT molecular complexity index is 257. The second kappa shape index (κ2) is 5.84. The van der Waals surface area contributed by atoms with Crippen LogP contribution in [0.2, 0.25) is 0 Å². The highest BCUT2D eigenvalue weighted by Crippen LogP contribution is 2.08. The van der Waals surface area contributed by atoms with Gasteiger partial charge in [-0.05, 0) is 34.6 Å². The van der Waals surface area contributed by atoms with Crippen LogP contribution in [0.1, 0.15) is 34.6 Å². The number of esters is 1. The third kappa shape index (κ3) is 5.70. The van der Waals surface area contributed by atoms with Gasteiger partial charge in [-0.25, -0.2) is 4.79 Å². The van der Waals surface area contributed by atoms with Crippen LogP contribution in [0.4, 0.5) is 0 Å². The van der Waals surface area contributed by atoms with E-state index in [1.165, 1.54) is 7.11 Å². The van der Waals surface area contributed by atoms with Crippen LogP contribution in [-0.2, 0) is 19.1 Å². The molecule has 94 valence electrons. The molecule has 0 fully saturated rings. The molecule has 0 saturated carbocycles. The predicted molar refractivity (Wildman–Crippen MR) is 59.9 cm³/mol. The quantitative estimate of drug-likeness (QED) is 0.729. The van der Waals surface area contributed by atoms with Crippen molar-refractivity contribution < 1.29 is 19.1 Å². The number of methoxy groups -OCH3 is 1. The number of hydrogen-bond acceptors (Lipinski definition) is 4. The molecule has 0 rings (SSSR count). The Hall–Kier alpha value is -1.10. The van der Waals surface area contributed by atoms with Crippen molar-refractivity contribution in [3.8, 4) is 0 Å². The fourth-order valence-corrected chi connectivity index (χ4v) is 0.887. The molecule has 16 heavy (non-hydrogen) atoms. The lowest BCUT2D eigenvalue weighted by Crippen LogP contribution is -2.45. The zero-order valence-corrected chi connectivity index (χ0v) is 10.8. The molecule has 1 amide bonds. The zero-order valence-electron chi connectivity index (χ0n) is 10.8. The lowest BCUT2D eigenvalue weighted by atomic mass is 10.2. The Morgan fingerprint density at radius 3 is 2.06 bits per heavy atom. The van der Waals surface area contributed by atoms with E-state index in [1.807, 2.05) is 0 Å². The summed E-state index contributed by atoms with van der Waals surface area (Å²) in [5.41, 5.74) is -0.553. The van der Waals surface area contributed by atoms with Crippen molar-refractivity contribution in [2.75, 3.05) is 7.11 Å². The molecular formula is C11H21NO4. The molecule has 0 spiro atoms. The maximum Gasteiger partial charge on any atom is 0.328 e. The molecule has 2 atom stereocenters. The number of rotatable bonds is 4. The van der Waals surface area contributed by atoms with Gasteiger partial charge in [0.25, 0.3) is 0 Å². The average Bonchev–Trinajstić information content (AvgIpc) is 2.13. The first-order valence-electron chi connectivity index (χ1n) is 5.23. The fraction of sp³-hybridized carbons (Fsp3) is 0.818. The molecule has 0 aliphatic carbocycles.